The highest BCUT2D eigenvalue weighted by atomic mass is 35.5. The number of fused-ring (bicyclic) bond motifs is 1. The molecular formula is C19H14ClN3O5. The molecule has 3 aromatic rings. The molecule has 0 aliphatic rings. The van der Waals surface area contributed by atoms with E-state index in [1.807, 2.05) is 0 Å². The van der Waals surface area contributed by atoms with E-state index in [0.717, 1.165) is 0 Å². The number of aromatic nitrogens is 1. The molecule has 1 N–H and O–H groups in total. The van der Waals surface area contributed by atoms with Crippen LogP contribution >= 0.6 is 11.6 Å². The van der Waals surface area contributed by atoms with Gasteiger partial charge in [-0.2, -0.15) is 0 Å². The number of nitrogens with zero attached hydrogens (tertiary/aromatic N) is 2. The van der Waals surface area contributed by atoms with Crippen molar-refractivity contribution in [2.75, 3.05) is 5.32 Å². The summed E-state index contributed by atoms with van der Waals surface area (Å²) in [6.45, 7) is 1.37. The zero-order chi connectivity index (χ0) is 20.3. The maximum atomic E-state index is 12.6. The highest BCUT2D eigenvalue weighted by Gasteiger charge is 2.23. The molecule has 0 saturated heterocycles. The number of nitrogens with one attached hydrogen (secondary N) is 1. The van der Waals surface area contributed by atoms with Crippen LogP contribution in [0.15, 0.2) is 54.6 Å². The molecule has 1 heterocycles. The summed E-state index contributed by atoms with van der Waals surface area (Å²) in [6, 6.07) is 13.9. The van der Waals surface area contributed by atoms with Crippen molar-refractivity contribution in [1.82, 2.24) is 4.98 Å². The lowest BCUT2D eigenvalue weighted by atomic mass is 10.1. The molecule has 0 radical (unpaired) electrons. The van der Waals surface area contributed by atoms with Crippen LogP contribution in [0.3, 0.4) is 0 Å². The first-order valence-electron chi connectivity index (χ1n) is 8.17. The molecule has 0 fully saturated rings. The van der Waals surface area contributed by atoms with E-state index in [1.54, 1.807) is 30.3 Å². The Kier molecular flexibility index (Phi) is 5.51. The summed E-state index contributed by atoms with van der Waals surface area (Å²) >= 11 is 5.96. The van der Waals surface area contributed by atoms with Gasteiger partial charge in [-0.1, -0.05) is 41.9 Å². The Hall–Kier alpha value is -3.52. The third kappa shape index (κ3) is 4.07. The van der Waals surface area contributed by atoms with E-state index in [9.17, 15) is 19.7 Å². The van der Waals surface area contributed by atoms with Crippen molar-refractivity contribution < 1.29 is 19.2 Å². The van der Waals surface area contributed by atoms with Crippen LogP contribution in [0.25, 0.3) is 10.9 Å². The number of pyridine rings is 1. The van der Waals surface area contributed by atoms with Gasteiger partial charge in [0.2, 0.25) is 0 Å². The molecule has 0 spiro atoms. The number of nitro groups is 1. The number of carbonyl (C=O) groups excluding carboxylic acids is 2. The number of ether oxygens (including phenoxy) is 1. The molecule has 3 rings (SSSR count). The first kappa shape index (κ1) is 19.2. The number of rotatable bonds is 5. The van der Waals surface area contributed by atoms with E-state index < -0.39 is 22.9 Å². The van der Waals surface area contributed by atoms with Crippen molar-refractivity contribution >= 4 is 45.8 Å². The minimum Gasteiger partial charge on any atom is -0.449 e. The lowest BCUT2D eigenvalue weighted by Crippen LogP contribution is -2.30. The third-order valence-corrected chi connectivity index (χ3v) is 4.11. The summed E-state index contributed by atoms with van der Waals surface area (Å²) in [6.07, 6.45) is -1.20. The van der Waals surface area contributed by atoms with Gasteiger partial charge in [0.1, 0.15) is 10.8 Å². The van der Waals surface area contributed by atoms with Crippen LogP contribution in [0.4, 0.5) is 11.4 Å². The molecule has 0 aliphatic carbocycles. The zero-order valence-corrected chi connectivity index (χ0v) is 15.3. The Labute approximate surface area is 164 Å². The normalized spacial score (nSPS) is 11.6. The molecule has 2 aromatic carbocycles. The van der Waals surface area contributed by atoms with E-state index in [-0.39, 0.29) is 22.1 Å². The number of nitro benzene ring substituents is 1. The average molecular weight is 400 g/mol. The minimum absolute atomic E-state index is 0.0119. The molecule has 1 aromatic heterocycles. The van der Waals surface area contributed by atoms with Crippen molar-refractivity contribution in [3.8, 4) is 0 Å². The molecule has 9 heteroatoms. The standard InChI is InChI=1S/C19H14ClN3O5/c1-11(18(24)22-15-8-4-5-9-16(15)23(26)27)28-19(25)13-10-17(20)21-14-7-3-2-6-12(13)14/h2-11H,1H3,(H,22,24)/t11-/m0/s1. The van der Waals surface area contributed by atoms with Gasteiger partial charge in [0.15, 0.2) is 6.10 Å². The second-order valence-electron chi connectivity index (χ2n) is 5.82. The summed E-state index contributed by atoms with van der Waals surface area (Å²) in [5.41, 5.74) is 0.430. The number of para-hydroxylation sites is 3. The Bertz CT molecular complexity index is 1090. The van der Waals surface area contributed by atoms with Gasteiger partial charge < -0.3 is 10.1 Å². The van der Waals surface area contributed by atoms with Gasteiger partial charge in [-0.15, -0.1) is 0 Å². The summed E-state index contributed by atoms with van der Waals surface area (Å²) in [7, 11) is 0. The molecule has 1 amide bonds. The van der Waals surface area contributed by atoms with Crippen molar-refractivity contribution in [1.29, 1.82) is 0 Å². The average Bonchev–Trinajstić information content (AvgIpc) is 2.67. The molecule has 0 aliphatic heterocycles. The maximum Gasteiger partial charge on any atom is 0.339 e. The second kappa shape index (κ2) is 8.01. The monoisotopic (exact) mass is 399 g/mol. The van der Waals surface area contributed by atoms with E-state index in [4.69, 9.17) is 16.3 Å². The number of halogens is 1. The van der Waals surface area contributed by atoms with Crippen LogP contribution in [-0.2, 0) is 9.53 Å². The van der Waals surface area contributed by atoms with Crippen LogP contribution in [-0.4, -0.2) is 27.9 Å². The van der Waals surface area contributed by atoms with Gasteiger partial charge in [0, 0.05) is 11.5 Å². The van der Waals surface area contributed by atoms with Gasteiger partial charge in [-0.05, 0) is 25.1 Å². The van der Waals surface area contributed by atoms with Crippen LogP contribution in [0, 0.1) is 10.1 Å². The van der Waals surface area contributed by atoms with E-state index >= 15 is 0 Å². The maximum absolute atomic E-state index is 12.6. The predicted octanol–water partition coefficient (Wildman–Crippen LogP) is 3.98. The minimum atomic E-state index is -1.20. The van der Waals surface area contributed by atoms with E-state index in [1.165, 1.54) is 31.2 Å². The largest absolute Gasteiger partial charge is 0.449 e. The highest BCUT2D eigenvalue weighted by molar-refractivity contribution is 6.30. The number of hydrogen-bond acceptors (Lipinski definition) is 6. The number of carbonyl (C=O) groups is 2. The molecule has 142 valence electrons. The Morgan fingerprint density at radius 2 is 1.86 bits per heavy atom. The molecule has 1 atom stereocenters. The first-order chi connectivity index (χ1) is 13.4. The fraction of sp³-hybridized carbons (Fsp3) is 0.105. The van der Waals surface area contributed by atoms with Crippen LogP contribution in [0.1, 0.15) is 17.3 Å². The number of amides is 1. The van der Waals surface area contributed by atoms with Crippen LogP contribution in [0.5, 0.6) is 0 Å². The molecular weight excluding hydrogens is 386 g/mol. The van der Waals surface area contributed by atoms with E-state index in [0.29, 0.717) is 10.9 Å². The zero-order valence-electron chi connectivity index (χ0n) is 14.6. The summed E-state index contributed by atoms with van der Waals surface area (Å²) in [5, 5.41) is 14.1. The van der Waals surface area contributed by atoms with E-state index in [2.05, 4.69) is 10.3 Å². The molecule has 0 bridgehead atoms. The summed E-state index contributed by atoms with van der Waals surface area (Å²) in [5.74, 6) is -1.46. The smallest absolute Gasteiger partial charge is 0.339 e. The Morgan fingerprint density at radius 3 is 2.61 bits per heavy atom. The Balaban J connectivity index is 1.78. The SMILES string of the molecule is C[C@H](OC(=O)c1cc(Cl)nc2ccccc12)C(=O)Nc1ccccc1[N+](=O)[O-]. The summed E-state index contributed by atoms with van der Waals surface area (Å²) < 4.78 is 5.23. The number of esters is 1. The van der Waals surface area contributed by atoms with Crippen LogP contribution in [0.2, 0.25) is 5.15 Å². The third-order valence-electron chi connectivity index (χ3n) is 3.92. The highest BCUT2D eigenvalue weighted by Crippen LogP contribution is 2.24. The van der Waals surface area contributed by atoms with Crippen molar-refractivity contribution in [2.45, 2.75) is 13.0 Å². The molecule has 0 unspecified atom stereocenters. The van der Waals surface area contributed by atoms with Gasteiger partial charge in [-0.25, -0.2) is 9.78 Å². The van der Waals surface area contributed by atoms with Gasteiger partial charge in [0.05, 0.1) is 16.0 Å². The quantitative estimate of drug-likeness (QED) is 0.300. The Morgan fingerprint density at radius 1 is 1.18 bits per heavy atom. The molecule has 8 nitrogen and oxygen atoms in total. The molecule has 28 heavy (non-hydrogen) atoms. The number of anilines is 1. The van der Waals surface area contributed by atoms with Crippen molar-refractivity contribution in [2.24, 2.45) is 0 Å². The van der Waals surface area contributed by atoms with Crippen molar-refractivity contribution in [3.63, 3.8) is 0 Å². The van der Waals surface area contributed by atoms with Gasteiger partial charge in [0.25, 0.3) is 11.6 Å². The lowest BCUT2D eigenvalue weighted by molar-refractivity contribution is -0.383. The fourth-order valence-electron chi connectivity index (χ4n) is 2.56. The fourth-order valence-corrected chi connectivity index (χ4v) is 2.76. The predicted molar refractivity (Wildman–Crippen MR) is 103 cm³/mol. The van der Waals surface area contributed by atoms with Gasteiger partial charge >= 0.3 is 5.97 Å². The number of benzene rings is 2. The molecule has 0 saturated carbocycles. The van der Waals surface area contributed by atoms with Crippen molar-refractivity contribution in [3.05, 3.63) is 75.4 Å². The summed E-state index contributed by atoms with van der Waals surface area (Å²) in [4.78, 5) is 39.5. The van der Waals surface area contributed by atoms with Crippen LogP contribution < -0.4 is 5.32 Å². The first-order valence-corrected chi connectivity index (χ1v) is 8.55. The number of hydrogen-bond donors (Lipinski definition) is 1. The topological polar surface area (TPSA) is 111 Å². The lowest BCUT2D eigenvalue weighted by Gasteiger charge is -2.14. The second-order valence-corrected chi connectivity index (χ2v) is 6.21. The van der Waals surface area contributed by atoms with Gasteiger partial charge in [-0.3, -0.25) is 14.9 Å².